The summed E-state index contributed by atoms with van der Waals surface area (Å²) in [5, 5.41) is 13.1. The molecule has 0 radical (unpaired) electrons. The van der Waals surface area contributed by atoms with Crippen LogP contribution >= 0.6 is 38.5 Å². The van der Waals surface area contributed by atoms with Crippen LogP contribution in [-0.2, 0) is 4.74 Å². The van der Waals surface area contributed by atoms with E-state index in [0.29, 0.717) is 18.6 Å². The Morgan fingerprint density at radius 3 is 3.05 bits per heavy atom. The number of hydrogen-bond donors (Lipinski definition) is 2. The molecule has 0 bridgehead atoms. The number of carbonyl (C=O) groups excluding carboxylic acids is 1. The van der Waals surface area contributed by atoms with Crippen molar-refractivity contribution in [2.75, 3.05) is 13.2 Å². The van der Waals surface area contributed by atoms with E-state index in [1.807, 2.05) is 19.1 Å². The van der Waals surface area contributed by atoms with Crippen molar-refractivity contribution in [3.05, 3.63) is 31.8 Å². The molecule has 1 fully saturated rings. The lowest BCUT2D eigenvalue weighted by Crippen LogP contribution is -2.47. The number of ether oxygens (including phenoxy) is 1. The highest BCUT2D eigenvalue weighted by atomic mass is 127. The number of nitrogens with one attached hydrogen (secondary N) is 1. The van der Waals surface area contributed by atoms with Crippen molar-refractivity contribution >= 4 is 44.4 Å². The molecule has 1 aliphatic heterocycles. The maximum Gasteiger partial charge on any atom is 0.252 e. The zero-order chi connectivity index (χ0) is 14.0. The van der Waals surface area contributed by atoms with E-state index < -0.39 is 5.60 Å². The van der Waals surface area contributed by atoms with Crippen molar-refractivity contribution in [2.45, 2.75) is 25.0 Å². The Labute approximate surface area is 134 Å². The van der Waals surface area contributed by atoms with Gasteiger partial charge in [0.25, 0.3) is 5.91 Å². The summed E-state index contributed by atoms with van der Waals surface area (Å²) in [5.41, 5.74) is -0.363. The standard InChI is InChI=1S/C13H15BrINO3/c1-8-13(18,4-5-19-8)7-16-12(17)10-6-9(14)2-3-11(10)15/h2-3,6,8,18H,4-5,7H2,1H3,(H,16,17). The first-order chi connectivity index (χ1) is 8.92. The van der Waals surface area contributed by atoms with E-state index >= 15 is 0 Å². The SMILES string of the molecule is CC1OCCC1(O)CNC(=O)c1cc(Br)ccc1I. The van der Waals surface area contributed by atoms with Crippen molar-refractivity contribution in [3.63, 3.8) is 0 Å². The van der Waals surface area contributed by atoms with E-state index in [0.717, 1.165) is 8.04 Å². The summed E-state index contributed by atoms with van der Waals surface area (Å²) in [6.45, 7) is 2.56. The second-order valence-electron chi connectivity index (χ2n) is 4.67. The molecule has 1 amide bonds. The maximum atomic E-state index is 12.1. The highest BCUT2D eigenvalue weighted by Crippen LogP contribution is 2.25. The van der Waals surface area contributed by atoms with Crippen LogP contribution in [0, 0.1) is 3.57 Å². The molecule has 0 aromatic heterocycles. The third-order valence-electron chi connectivity index (χ3n) is 3.39. The normalized spacial score (nSPS) is 26.4. The Morgan fingerprint density at radius 1 is 1.68 bits per heavy atom. The first-order valence-electron chi connectivity index (χ1n) is 5.99. The topological polar surface area (TPSA) is 58.6 Å². The molecule has 1 aliphatic rings. The fraction of sp³-hybridized carbons (Fsp3) is 0.462. The molecule has 0 aliphatic carbocycles. The highest BCUT2D eigenvalue weighted by molar-refractivity contribution is 14.1. The minimum Gasteiger partial charge on any atom is -0.385 e. The third kappa shape index (κ3) is 3.48. The molecule has 0 saturated carbocycles. The molecule has 6 heteroatoms. The van der Waals surface area contributed by atoms with E-state index in [2.05, 4.69) is 43.8 Å². The number of carbonyl (C=O) groups is 1. The molecule has 2 atom stereocenters. The predicted octanol–water partition coefficient (Wildman–Crippen LogP) is 2.32. The second-order valence-corrected chi connectivity index (χ2v) is 6.75. The van der Waals surface area contributed by atoms with Gasteiger partial charge >= 0.3 is 0 Å². The lowest BCUT2D eigenvalue weighted by molar-refractivity contribution is -0.0251. The highest BCUT2D eigenvalue weighted by Gasteiger charge is 2.39. The van der Waals surface area contributed by atoms with Crippen LogP contribution in [-0.4, -0.2) is 35.9 Å². The Hall–Kier alpha value is -0.180. The summed E-state index contributed by atoms with van der Waals surface area (Å²) in [6.07, 6.45) is 0.290. The van der Waals surface area contributed by atoms with Crippen molar-refractivity contribution in [3.8, 4) is 0 Å². The van der Waals surface area contributed by atoms with E-state index in [1.54, 1.807) is 6.07 Å². The largest absolute Gasteiger partial charge is 0.385 e. The van der Waals surface area contributed by atoms with Gasteiger partial charge in [0.1, 0.15) is 5.60 Å². The average molecular weight is 440 g/mol. The van der Waals surface area contributed by atoms with Gasteiger partial charge in [-0.3, -0.25) is 4.79 Å². The van der Waals surface area contributed by atoms with Gasteiger partial charge in [-0.2, -0.15) is 0 Å². The minimum absolute atomic E-state index is 0.182. The molecule has 4 nitrogen and oxygen atoms in total. The summed E-state index contributed by atoms with van der Waals surface area (Å²) in [5.74, 6) is -0.182. The van der Waals surface area contributed by atoms with Gasteiger partial charge < -0.3 is 15.2 Å². The van der Waals surface area contributed by atoms with Crippen LogP contribution in [0.3, 0.4) is 0 Å². The molecule has 2 N–H and O–H groups in total. The molecule has 0 spiro atoms. The van der Waals surface area contributed by atoms with Gasteiger partial charge in [0.15, 0.2) is 0 Å². The number of halogens is 2. The van der Waals surface area contributed by atoms with Crippen molar-refractivity contribution in [2.24, 2.45) is 0 Å². The fourth-order valence-corrected chi connectivity index (χ4v) is 2.94. The van der Waals surface area contributed by atoms with Crippen LogP contribution in [0.15, 0.2) is 22.7 Å². The van der Waals surface area contributed by atoms with Gasteiger partial charge in [-0.25, -0.2) is 0 Å². The van der Waals surface area contributed by atoms with Gasteiger partial charge in [0.05, 0.1) is 11.7 Å². The zero-order valence-corrected chi connectivity index (χ0v) is 14.2. The van der Waals surface area contributed by atoms with Gasteiger partial charge in [-0.1, -0.05) is 15.9 Å². The quantitative estimate of drug-likeness (QED) is 0.710. The average Bonchev–Trinajstić information content (AvgIpc) is 2.70. The van der Waals surface area contributed by atoms with Crippen LogP contribution in [0.25, 0.3) is 0 Å². The fourth-order valence-electron chi connectivity index (χ4n) is 2.00. The predicted molar refractivity (Wildman–Crippen MR) is 84.2 cm³/mol. The Morgan fingerprint density at radius 2 is 2.42 bits per heavy atom. The third-order valence-corrected chi connectivity index (χ3v) is 4.82. The Kier molecular flexibility index (Phi) is 4.86. The van der Waals surface area contributed by atoms with E-state index in [9.17, 15) is 9.90 Å². The summed E-state index contributed by atoms with van der Waals surface area (Å²) in [6, 6.07) is 5.53. The van der Waals surface area contributed by atoms with Crippen molar-refractivity contribution < 1.29 is 14.6 Å². The molecule has 1 saturated heterocycles. The van der Waals surface area contributed by atoms with Crippen LogP contribution in [0.1, 0.15) is 23.7 Å². The molecule has 2 rings (SSSR count). The van der Waals surface area contributed by atoms with Gasteiger partial charge in [-0.05, 0) is 47.7 Å². The molecule has 1 aromatic rings. The van der Waals surface area contributed by atoms with Crippen molar-refractivity contribution in [1.29, 1.82) is 0 Å². The molecule has 2 unspecified atom stereocenters. The Bertz CT molecular complexity index is 497. The van der Waals surface area contributed by atoms with E-state index in [1.165, 1.54) is 0 Å². The van der Waals surface area contributed by atoms with E-state index in [4.69, 9.17) is 4.74 Å². The molecular weight excluding hydrogens is 425 g/mol. The molecule has 1 aromatic carbocycles. The first kappa shape index (κ1) is 15.2. The van der Waals surface area contributed by atoms with E-state index in [-0.39, 0.29) is 18.6 Å². The lowest BCUT2D eigenvalue weighted by Gasteiger charge is -2.26. The molecule has 1 heterocycles. The van der Waals surface area contributed by atoms with Gasteiger partial charge in [-0.15, -0.1) is 0 Å². The maximum absolute atomic E-state index is 12.1. The van der Waals surface area contributed by atoms with Crippen LogP contribution in [0.5, 0.6) is 0 Å². The smallest absolute Gasteiger partial charge is 0.252 e. The first-order valence-corrected chi connectivity index (χ1v) is 7.87. The van der Waals surface area contributed by atoms with Gasteiger partial charge in [0.2, 0.25) is 0 Å². The minimum atomic E-state index is -0.965. The number of hydrogen-bond acceptors (Lipinski definition) is 3. The van der Waals surface area contributed by atoms with Crippen LogP contribution in [0.4, 0.5) is 0 Å². The Balaban J connectivity index is 2.03. The van der Waals surface area contributed by atoms with Crippen LogP contribution in [0.2, 0.25) is 0 Å². The summed E-state index contributed by atoms with van der Waals surface area (Å²) in [4.78, 5) is 12.1. The molecular formula is C13H15BrINO3. The summed E-state index contributed by atoms with van der Waals surface area (Å²) >= 11 is 5.47. The number of rotatable bonds is 3. The lowest BCUT2D eigenvalue weighted by atomic mass is 9.96. The number of amides is 1. The number of aliphatic hydroxyl groups is 1. The zero-order valence-electron chi connectivity index (χ0n) is 10.5. The summed E-state index contributed by atoms with van der Waals surface area (Å²) < 4.78 is 7.07. The van der Waals surface area contributed by atoms with Crippen LogP contribution < -0.4 is 5.32 Å². The summed E-state index contributed by atoms with van der Waals surface area (Å²) in [7, 11) is 0. The monoisotopic (exact) mass is 439 g/mol. The molecule has 19 heavy (non-hydrogen) atoms. The van der Waals surface area contributed by atoms with Crippen molar-refractivity contribution in [1.82, 2.24) is 5.32 Å². The molecule has 104 valence electrons. The number of benzene rings is 1. The second kappa shape index (κ2) is 6.07. The van der Waals surface area contributed by atoms with Gasteiger partial charge in [0, 0.05) is 27.6 Å².